The zero-order valence-electron chi connectivity index (χ0n) is 13.5. The molecule has 0 unspecified atom stereocenters. The number of anilines is 2. The molecule has 7 nitrogen and oxygen atoms in total. The minimum atomic E-state index is 0.210. The van der Waals surface area contributed by atoms with Gasteiger partial charge in [0.25, 0.3) is 0 Å². The fourth-order valence-electron chi connectivity index (χ4n) is 3.55. The van der Waals surface area contributed by atoms with Crippen molar-refractivity contribution in [3.05, 3.63) is 18.2 Å². The second-order valence-corrected chi connectivity index (χ2v) is 7.68. The highest BCUT2D eigenvalue weighted by Gasteiger charge is 2.33. The molecule has 0 spiro atoms. The lowest BCUT2D eigenvalue weighted by Crippen LogP contribution is -2.48. The van der Waals surface area contributed by atoms with Crippen molar-refractivity contribution in [2.45, 2.75) is 44.1 Å². The van der Waals surface area contributed by atoms with Gasteiger partial charge >= 0.3 is 0 Å². The SMILES string of the molecule is O=C1CCCN1c1cnn(C2CN(c3nc(C4CCC4)ns3)C2)c1. The first-order valence-electron chi connectivity index (χ1n) is 8.71. The maximum atomic E-state index is 11.8. The number of hydrogen-bond acceptors (Lipinski definition) is 6. The number of amides is 1. The van der Waals surface area contributed by atoms with Gasteiger partial charge in [0.2, 0.25) is 11.0 Å². The van der Waals surface area contributed by atoms with E-state index in [4.69, 9.17) is 4.98 Å². The molecule has 3 aliphatic rings. The highest BCUT2D eigenvalue weighted by Crippen LogP contribution is 2.37. The van der Waals surface area contributed by atoms with Crippen molar-refractivity contribution in [1.29, 1.82) is 0 Å². The van der Waals surface area contributed by atoms with Gasteiger partial charge in [-0.2, -0.15) is 9.47 Å². The molecule has 0 atom stereocenters. The Hall–Kier alpha value is -1.96. The molecule has 5 rings (SSSR count). The Labute approximate surface area is 144 Å². The monoisotopic (exact) mass is 344 g/mol. The van der Waals surface area contributed by atoms with Crippen molar-refractivity contribution in [3.8, 4) is 0 Å². The molecular formula is C16H20N6OS. The van der Waals surface area contributed by atoms with Crippen molar-refractivity contribution in [2.75, 3.05) is 29.4 Å². The molecule has 1 saturated carbocycles. The third kappa shape index (κ3) is 2.31. The van der Waals surface area contributed by atoms with Gasteiger partial charge in [0.15, 0.2) is 0 Å². The molecule has 24 heavy (non-hydrogen) atoms. The van der Waals surface area contributed by atoms with Gasteiger partial charge in [0.1, 0.15) is 5.82 Å². The summed E-state index contributed by atoms with van der Waals surface area (Å²) in [5.41, 5.74) is 0.930. The summed E-state index contributed by atoms with van der Waals surface area (Å²) >= 11 is 1.52. The Balaban J connectivity index is 1.22. The summed E-state index contributed by atoms with van der Waals surface area (Å²) in [6, 6.07) is 0.354. The minimum Gasteiger partial charge on any atom is -0.342 e. The Morgan fingerprint density at radius 3 is 2.79 bits per heavy atom. The maximum absolute atomic E-state index is 11.8. The number of rotatable bonds is 4. The summed E-state index contributed by atoms with van der Waals surface area (Å²) in [5, 5.41) is 5.50. The number of nitrogens with zero attached hydrogens (tertiary/aromatic N) is 6. The van der Waals surface area contributed by atoms with Gasteiger partial charge in [-0.25, -0.2) is 4.98 Å². The molecule has 1 amide bonds. The number of aromatic nitrogens is 4. The van der Waals surface area contributed by atoms with Crippen molar-refractivity contribution in [2.24, 2.45) is 0 Å². The van der Waals surface area contributed by atoms with Crippen LogP contribution >= 0.6 is 11.5 Å². The van der Waals surface area contributed by atoms with Crippen molar-refractivity contribution >= 4 is 28.3 Å². The van der Waals surface area contributed by atoms with Crippen LogP contribution in [-0.2, 0) is 4.79 Å². The van der Waals surface area contributed by atoms with E-state index in [0.29, 0.717) is 18.4 Å². The molecule has 126 valence electrons. The predicted molar refractivity (Wildman–Crippen MR) is 91.6 cm³/mol. The summed E-state index contributed by atoms with van der Waals surface area (Å²) in [5.74, 6) is 1.85. The summed E-state index contributed by atoms with van der Waals surface area (Å²) in [7, 11) is 0. The predicted octanol–water partition coefficient (Wildman–Crippen LogP) is 2.19. The summed E-state index contributed by atoms with van der Waals surface area (Å²) < 4.78 is 6.52. The number of carbonyl (C=O) groups excluding carboxylic acids is 1. The lowest BCUT2D eigenvalue weighted by molar-refractivity contribution is -0.117. The van der Waals surface area contributed by atoms with Crippen LogP contribution in [0.15, 0.2) is 12.4 Å². The summed E-state index contributed by atoms with van der Waals surface area (Å²) in [4.78, 5) is 20.7. The molecule has 2 aromatic rings. The third-order valence-electron chi connectivity index (χ3n) is 5.38. The minimum absolute atomic E-state index is 0.210. The van der Waals surface area contributed by atoms with Crippen LogP contribution < -0.4 is 9.80 Å². The Kier molecular flexibility index (Phi) is 3.32. The molecule has 8 heteroatoms. The van der Waals surface area contributed by atoms with Crippen LogP contribution in [0.1, 0.15) is 49.9 Å². The van der Waals surface area contributed by atoms with E-state index in [2.05, 4.69) is 14.4 Å². The molecule has 2 saturated heterocycles. The van der Waals surface area contributed by atoms with E-state index < -0.39 is 0 Å². The van der Waals surface area contributed by atoms with Crippen LogP contribution in [0.5, 0.6) is 0 Å². The highest BCUT2D eigenvalue weighted by molar-refractivity contribution is 7.09. The normalized spacial score (nSPS) is 22.1. The van der Waals surface area contributed by atoms with Gasteiger partial charge in [0, 0.05) is 49.7 Å². The van der Waals surface area contributed by atoms with Gasteiger partial charge in [-0.1, -0.05) is 6.42 Å². The summed E-state index contributed by atoms with van der Waals surface area (Å²) in [6.45, 7) is 2.64. The van der Waals surface area contributed by atoms with E-state index in [1.54, 1.807) is 0 Å². The Bertz CT molecular complexity index is 760. The first-order valence-corrected chi connectivity index (χ1v) is 9.48. The zero-order chi connectivity index (χ0) is 16.1. The third-order valence-corrected chi connectivity index (χ3v) is 6.17. The fraction of sp³-hybridized carbons (Fsp3) is 0.625. The van der Waals surface area contributed by atoms with E-state index in [1.165, 1.54) is 30.8 Å². The fourth-order valence-corrected chi connectivity index (χ4v) is 4.32. The molecule has 0 radical (unpaired) electrons. The number of hydrogen-bond donors (Lipinski definition) is 0. The molecule has 0 bridgehead atoms. The van der Waals surface area contributed by atoms with E-state index in [0.717, 1.165) is 42.7 Å². The summed E-state index contributed by atoms with van der Waals surface area (Å²) in [6.07, 6.45) is 9.21. The maximum Gasteiger partial charge on any atom is 0.227 e. The van der Waals surface area contributed by atoms with Crippen LogP contribution in [-0.4, -0.2) is 44.7 Å². The number of carbonyl (C=O) groups is 1. The van der Waals surface area contributed by atoms with Crippen LogP contribution in [0, 0.1) is 0 Å². The van der Waals surface area contributed by atoms with Crippen molar-refractivity contribution < 1.29 is 4.79 Å². The largest absolute Gasteiger partial charge is 0.342 e. The first-order chi connectivity index (χ1) is 11.8. The van der Waals surface area contributed by atoms with Gasteiger partial charge in [-0.3, -0.25) is 9.48 Å². The van der Waals surface area contributed by atoms with Gasteiger partial charge in [0.05, 0.1) is 17.9 Å². The van der Waals surface area contributed by atoms with Crippen molar-refractivity contribution in [1.82, 2.24) is 19.1 Å². The van der Waals surface area contributed by atoms with Gasteiger partial charge < -0.3 is 9.80 Å². The average Bonchev–Trinajstić information content (AvgIpc) is 3.17. The lowest BCUT2D eigenvalue weighted by atomic mass is 9.85. The van der Waals surface area contributed by atoms with Crippen LogP contribution in [0.3, 0.4) is 0 Å². The average molecular weight is 344 g/mol. The molecule has 2 aromatic heterocycles. The van der Waals surface area contributed by atoms with E-state index in [1.807, 2.05) is 22.0 Å². The first kappa shape index (κ1) is 14.4. The standard InChI is InChI=1S/C16H20N6OS/c23-14-5-2-6-21(14)12-7-17-22(10-12)13-8-20(9-13)16-18-15(19-24-16)11-3-1-4-11/h7,10-11,13H,1-6,8-9H2. The second-order valence-electron chi connectivity index (χ2n) is 6.95. The van der Waals surface area contributed by atoms with Gasteiger partial charge in [-0.05, 0) is 19.3 Å². The lowest BCUT2D eigenvalue weighted by Gasteiger charge is -2.38. The smallest absolute Gasteiger partial charge is 0.227 e. The molecule has 2 aliphatic heterocycles. The quantitative estimate of drug-likeness (QED) is 0.850. The van der Waals surface area contributed by atoms with Gasteiger partial charge in [-0.15, -0.1) is 0 Å². The van der Waals surface area contributed by atoms with Crippen LogP contribution in [0.4, 0.5) is 10.8 Å². The van der Waals surface area contributed by atoms with E-state index >= 15 is 0 Å². The molecule has 0 aromatic carbocycles. The van der Waals surface area contributed by atoms with Crippen molar-refractivity contribution in [3.63, 3.8) is 0 Å². The van der Waals surface area contributed by atoms with E-state index in [-0.39, 0.29) is 5.91 Å². The van der Waals surface area contributed by atoms with Crippen LogP contribution in [0.2, 0.25) is 0 Å². The van der Waals surface area contributed by atoms with Crippen LogP contribution in [0.25, 0.3) is 0 Å². The molecular weight excluding hydrogens is 324 g/mol. The second kappa shape index (κ2) is 5.54. The molecule has 3 fully saturated rings. The Morgan fingerprint density at radius 2 is 2.08 bits per heavy atom. The zero-order valence-corrected chi connectivity index (χ0v) is 14.3. The highest BCUT2D eigenvalue weighted by atomic mass is 32.1. The molecule has 0 N–H and O–H groups in total. The molecule has 4 heterocycles. The Morgan fingerprint density at radius 1 is 1.21 bits per heavy atom. The van der Waals surface area contributed by atoms with E-state index in [9.17, 15) is 4.79 Å². The molecule has 1 aliphatic carbocycles. The topological polar surface area (TPSA) is 67.2 Å².